The van der Waals surface area contributed by atoms with Crippen molar-refractivity contribution >= 4 is 27.3 Å². The van der Waals surface area contributed by atoms with Crippen molar-refractivity contribution in [1.29, 1.82) is 0 Å². The molecule has 3 aliphatic rings. The molecule has 0 N–H and O–H groups in total. The number of amides is 2. The van der Waals surface area contributed by atoms with Crippen LogP contribution in [0.25, 0.3) is 0 Å². The Bertz CT molecular complexity index is 1160. The fourth-order valence-electron chi connectivity index (χ4n) is 4.37. The number of hydrogen-bond acceptors (Lipinski definition) is 6. The highest BCUT2D eigenvalue weighted by atomic mass is 32.2. The summed E-state index contributed by atoms with van der Waals surface area (Å²) in [5.74, 6) is 0.432. The minimum atomic E-state index is -3.89. The van der Waals surface area contributed by atoms with Gasteiger partial charge in [-0.1, -0.05) is 18.2 Å². The van der Waals surface area contributed by atoms with Gasteiger partial charge in [-0.2, -0.15) is 0 Å². The molecule has 9 heteroatoms. The zero-order valence-corrected chi connectivity index (χ0v) is 17.6. The summed E-state index contributed by atoms with van der Waals surface area (Å²) in [6, 6.07) is 11.3. The lowest BCUT2D eigenvalue weighted by Gasteiger charge is -2.24. The number of anilines is 1. The van der Waals surface area contributed by atoms with Gasteiger partial charge in [0.1, 0.15) is 6.54 Å². The number of carbonyl (C=O) groups excluding carboxylic acids is 2. The first-order chi connectivity index (χ1) is 14.9. The maximum absolute atomic E-state index is 13.6. The molecule has 2 amide bonds. The monoisotopic (exact) mass is 442 g/mol. The van der Waals surface area contributed by atoms with Crippen LogP contribution in [0.5, 0.6) is 11.5 Å². The number of sulfone groups is 1. The first-order valence-corrected chi connectivity index (χ1v) is 11.8. The average Bonchev–Trinajstić information content (AvgIpc) is 3.45. The van der Waals surface area contributed by atoms with E-state index in [2.05, 4.69) is 0 Å². The minimum absolute atomic E-state index is 0.0535. The Labute approximate surface area is 180 Å². The van der Waals surface area contributed by atoms with E-state index in [1.54, 1.807) is 41.3 Å². The number of nitrogens with zero attached hydrogens (tertiary/aromatic N) is 2. The van der Waals surface area contributed by atoms with Crippen LogP contribution in [0.2, 0.25) is 0 Å². The molecule has 0 spiro atoms. The number of rotatable bonds is 3. The summed E-state index contributed by atoms with van der Waals surface area (Å²) in [5, 5.41) is -1.08. The topological polar surface area (TPSA) is 93.2 Å². The van der Waals surface area contributed by atoms with Crippen LogP contribution < -0.4 is 14.4 Å². The lowest BCUT2D eigenvalue weighted by atomic mass is 10.1. The maximum atomic E-state index is 13.6. The first kappa shape index (κ1) is 19.9. The van der Waals surface area contributed by atoms with E-state index in [4.69, 9.17) is 9.47 Å². The van der Waals surface area contributed by atoms with Crippen LogP contribution in [-0.4, -0.2) is 51.6 Å². The zero-order valence-electron chi connectivity index (χ0n) is 16.8. The van der Waals surface area contributed by atoms with Crippen LogP contribution in [0.3, 0.4) is 0 Å². The molecule has 0 radical (unpaired) electrons. The molecule has 162 valence electrons. The van der Waals surface area contributed by atoms with Gasteiger partial charge in [-0.3, -0.25) is 9.59 Å². The van der Waals surface area contributed by atoms with E-state index in [1.807, 2.05) is 0 Å². The van der Waals surface area contributed by atoms with Crippen LogP contribution in [0.15, 0.2) is 47.4 Å². The maximum Gasteiger partial charge on any atom is 0.242 e. The van der Waals surface area contributed by atoms with Crippen LogP contribution in [0.1, 0.15) is 30.1 Å². The van der Waals surface area contributed by atoms with Crippen molar-refractivity contribution in [3.63, 3.8) is 0 Å². The molecular formula is C22H22N2O6S. The molecular weight excluding hydrogens is 420 g/mol. The van der Waals surface area contributed by atoms with Gasteiger partial charge < -0.3 is 19.3 Å². The third-order valence-electron chi connectivity index (χ3n) is 6.02. The van der Waals surface area contributed by atoms with Gasteiger partial charge in [-0.05, 0) is 42.7 Å². The molecule has 31 heavy (non-hydrogen) atoms. The van der Waals surface area contributed by atoms with E-state index in [1.165, 1.54) is 11.0 Å². The van der Waals surface area contributed by atoms with Gasteiger partial charge in [-0.15, -0.1) is 0 Å². The number of benzene rings is 2. The van der Waals surface area contributed by atoms with E-state index < -0.39 is 21.0 Å². The highest BCUT2D eigenvalue weighted by Gasteiger charge is 2.40. The lowest BCUT2D eigenvalue weighted by molar-refractivity contribution is -0.130. The lowest BCUT2D eigenvalue weighted by Crippen LogP contribution is -2.42. The number of likely N-dealkylation sites (tertiary alicyclic amines) is 1. The average molecular weight is 442 g/mol. The van der Waals surface area contributed by atoms with Gasteiger partial charge in [0.2, 0.25) is 18.6 Å². The van der Waals surface area contributed by atoms with Crippen molar-refractivity contribution < 1.29 is 27.5 Å². The van der Waals surface area contributed by atoms with Gasteiger partial charge in [-0.25, -0.2) is 8.42 Å². The van der Waals surface area contributed by atoms with Gasteiger partial charge in [0.05, 0.1) is 15.8 Å². The summed E-state index contributed by atoms with van der Waals surface area (Å²) in [5.41, 5.74) is 0.711. The molecule has 1 fully saturated rings. The van der Waals surface area contributed by atoms with Crippen LogP contribution >= 0.6 is 0 Å². The van der Waals surface area contributed by atoms with Crippen molar-refractivity contribution in [3.8, 4) is 11.5 Å². The number of para-hydroxylation sites is 1. The van der Waals surface area contributed by atoms with E-state index in [9.17, 15) is 18.0 Å². The Morgan fingerprint density at radius 3 is 2.58 bits per heavy atom. The highest BCUT2D eigenvalue weighted by Crippen LogP contribution is 2.43. The molecule has 0 saturated carbocycles. The van der Waals surface area contributed by atoms with Crippen LogP contribution in [-0.2, 0) is 19.4 Å². The quantitative estimate of drug-likeness (QED) is 0.724. The molecule has 1 unspecified atom stereocenters. The summed E-state index contributed by atoms with van der Waals surface area (Å²) >= 11 is 0. The largest absolute Gasteiger partial charge is 0.454 e. The second-order valence-corrected chi connectivity index (χ2v) is 9.98. The summed E-state index contributed by atoms with van der Waals surface area (Å²) in [6.07, 6.45) is 1.62. The fourth-order valence-corrected chi connectivity index (χ4v) is 6.28. The molecule has 0 bridgehead atoms. The Kier molecular flexibility index (Phi) is 4.85. The first-order valence-electron chi connectivity index (χ1n) is 10.3. The van der Waals surface area contributed by atoms with Gasteiger partial charge >= 0.3 is 0 Å². The van der Waals surface area contributed by atoms with Gasteiger partial charge in [0.25, 0.3) is 0 Å². The van der Waals surface area contributed by atoms with Crippen molar-refractivity contribution in [1.82, 2.24) is 4.90 Å². The number of ether oxygens (including phenoxy) is 2. The van der Waals surface area contributed by atoms with Crippen molar-refractivity contribution in [2.45, 2.75) is 29.4 Å². The summed E-state index contributed by atoms with van der Waals surface area (Å²) in [4.78, 5) is 29.1. The minimum Gasteiger partial charge on any atom is -0.454 e. The fraction of sp³-hybridized carbons (Fsp3) is 0.364. The van der Waals surface area contributed by atoms with E-state index in [-0.39, 0.29) is 36.2 Å². The third kappa shape index (κ3) is 3.42. The summed E-state index contributed by atoms with van der Waals surface area (Å²) in [7, 11) is -3.89. The second-order valence-electron chi connectivity index (χ2n) is 7.89. The molecule has 1 saturated heterocycles. The SMILES string of the molecule is O=C(CN1C(=O)CC(c2ccc3c(c2)OCO3)S(=O)(=O)c2ccccc21)N1CCCC1. The molecule has 2 aromatic carbocycles. The third-order valence-corrected chi connectivity index (χ3v) is 8.17. The van der Waals surface area contributed by atoms with E-state index >= 15 is 0 Å². The Morgan fingerprint density at radius 1 is 1.03 bits per heavy atom. The molecule has 3 aliphatic heterocycles. The van der Waals surface area contributed by atoms with Crippen LogP contribution in [0.4, 0.5) is 5.69 Å². The van der Waals surface area contributed by atoms with Crippen molar-refractivity contribution in [2.75, 3.05) is 31.3 Å². The van der Waals surface area contributed by atoms with E-state index in [0.717, 1.165) is 12.8 Å². The molecule has 0 aliphatic carbocycles. The van der Waals surface area contributed by atoms with Crippen molar-refractivity contribution in [2.24, 2.45) is 0 Å². The van der Waals surface area contributed by atoms with Gasteiger partial charge in [0.15, 0.2) is 21.3 Å². The Hall–Kier alpha value is -3.07. The smallest absolute Gasteiger partial charge is 0.242 e. The Morgan fingerprint density at radius 2 is 1.77 bits per heavy atom. The second kappa shape index (κ2) is 7.56. The predicted molar refractivity (Wildman–Crippen MR) is 112 cm³/mol. The standard InChI is InChI=1S/C22H22N2O6S/c25-21-12-20(15-7-8-17-18(11-15)30-14-29-17)31(27,28)19-6-2-1-5-16(19)24(21)13-22(26)23-9-3-4-10-23/h1-2,5-8,11,20H,3-4,9-10,12-14H2. The summed E-state index contributed by atoms with van der Waals surface area (Å²) in [6.45, 7) is 1.24. The van der Waals surface area contributed by atoms with Crippen LogP contribution in [0, 0.1) is 0 Å². The highest BCUT2D eigenvalue weighted by molar-refractivity contribution is 7.92. The molecule has 5 rings (SSSR count). The van der Waals surface area contributed by atoms with Crippen molar-refractivity contribution in [3.05, 3.63) is 48.0 Å². The van der Waals surface area contributed by atoms with Gasteiger partial charge in [0, 0.05) is 19.5 Å². The van der Waals surface area contributed by atoms with E-state index in [0.29, 0.717) is 30.2 Å². The number of fused-ring (bicyclic) bond motifs is 2. The molecule has 0 aromatic heterocycles. The zero-order chi connectivity index (χ0) is 21.6. The molecule has 3 heterocycles. The number of hydrogen-bond donors (Lipinski definition) is 0. The molecule has 2 aromatic rings. The Balaban J connectivity index is 1.55. The normalized spacial score (nSPS) is 21.7. The predicted octanol–water partition coefficient (Wildman–Crippen LogP) is 2.29. The molecule has 1 atom stereocenters. The molecule has 8 nitrogen and oxygen atoms in total. The number of carbonyl (C=O) groups is 2. The summed E-state index contributed by atoms with van der Waals surface area (Å²) < 4.78 is 37.9.